The first kappa shape index (κ1) is 16.7. The molecule has 0 radical (unpaired) electrons. The zero-order chi connectivity index (χ0) is 17.6. The fourth-order valence-corrected chi connectivity index (χ4v) is 2.48. The fourth-order valence-electron chi connectivity index (χ4n) is 2.48. The summed E-state index contributed by atoms with van der Waals surface area (Å²) in [6, 6.07) is 18.1. The Morgan fingerprint density at radius 3 is 2.08 bits per heavy atom. The Balaban J connectivity index is 1.71. The van der Waals surface area contributed by atoms with E-state index in [2.05, 4.69) is 10.3 Å². The number of anilines is 1. The van der Waals surface area contributed by atoms with E-state index in [0.717, 1.165) is 16.9 Å². The normalized spacial score (nSPS) is 11.6. The molecule has 126 valence electrons. The van der Waals surface area contributed by atoms with Gasteiger partial charge in [0, 0.05) is 23.6 Å². The number of aromatic nitrogens is 1. The highest BCUT2D eigenvalue weighted by Gasteiger charge is 2.11. The number of methoxy groups -OCH3 is 1. The average Bonchev–Trinajstić information content (AvgIpc) is 2.68. The molecular formula is C20H19N3O2. The van der Waals surface area contributed by atoms with Crippen LogP contribution >= 0.6 is 0 Å². The summed E-state index contributed by atoms with van der Waals surface area (Å²) in [5.74, 6) is 0.620. The van der Waals surface area contributed by atoms with Crippen molar-refractivity contribution < 1.29 is 9.53 Å². The number of benzene rings is 2. The van der Waals surface area contributed by atoms with Gasteiger partial charge < -0.3 is 15.8 Å². The third kappa shape index (κ3) is 4.02. The van der Waals surface area contributed by atoms with Crippen LogP contribution in [0.25, 0.3) is 0 Å². The van der Waals surface area contributed by atoms with Gasteiger partial charge in [0.05, 0.1) is 13.2 Å². The molecule has 0 saturated carbocycles. The molecule has 3 rings (SSSR count). The number of nitrogens with two attached hydrogens (primary N) is 1. The number of nitrogens with zero attached hydrogens (tertiary/aromatic N) is 1. The SMILES string of the molecule is COc1ccc(C(N)c2ccc(C(=O)Nc3ccncc3)cc2)cc1. The molecule has 0 saturated heterocycles. The summed E-state index contributed by atoms with van der Waals surface area (Å²) < 4.78 is 5.16. The second-order valence-corrected chi connectivity index (χ2v) is 5.56. The highest BCUT2D eigenvalue weighted by Crippen LogP contribution is 2.22. The second-order valence-electron chi connectivity index (χ2n) is 5.56. The van der Waals surface area contributed by atoms with Crippen LogP contribution in [0.3, 0.4) is 0 Å². The molecule has 0 aliphatic rings. The molecule has 1 unspecified atom stereocenters. The molecule has 0 spiro atoms. The van der Waals surface area contributed by atoms with Gasteiger partial charge in [-0.05, 0) is 47.5 Å². The molecule has 3 N–H and O–H groups in total. The van der Waals surface area contributed by atoms with E-state index in [9.17, 15) is 4.79 Å². The van der Waals surface area contributed by atoms with Crippen LogP contribution in [0.1, 0.15) is 27.5 Å². The number of rotatable bonds is 5. The van der Waals surface area contributed by atoms with E-state index in [0.29, 0.717) is 11.3 Å². The molecule has 1 heterocycles. The van der Waals surface area contributed by atoms with E-state index in [-0.39, 0.29) is 11.9 Å². The average molecular weight is 333 g/mol. The Morgan fingerprint density at radius 2 is 1.52 bits per heavy atom. The summed E-state index contributed by atoms with van der Waals surface area (Å²) in [5.41, 5.74) is 9.51. The second kappa shape index (κ2) is 7.59. The van der Waals surface area contributed by atoms with Crippen molar-refractivity contribution in [3.8, 4) is 5.75 Å². The van der Waals surface area contributed by atoms with Crippen LogP contribution in [0, 0.1) is 0 Å². The quantitative estimate of drug-likeness (QED) is 0.750. The number of amides is 1. The highest BCUT2D eigenvalue weighted by molar-refractivity contribution is 6.04. The first-order valence-corrected chi connectivity index (χ1v) is 7.88. The molecule has 5 nitrogen and oxygen atoms in total. The minimum Gasteiger partial charge on any atom is -0.497 e. The van der Waals surface area contributed by atoms with Crippen molar-refractivity contribution in [3.63, 3.8) is 0 Å². The van der Waals surface area contributed by atoms with E-state index < -0.39 is 0 Å². The van der Waals surface area contributed by atoms with E-state index in [1.54, 1.807) is 43.8 Å². The summed E-state index contributed by atoms with van der Waals surface area (Å²) in [4.78, 5) is 16.2. The topological polar surface area (TPSA) is 77.2 Å². The Hall–Kier alpha value is -3.18. The van der Waals surface area contributed by atoms with Gasteiger partial charge >= 0.3 is 0 Å². The largest absolute Gasteiger partial charge is 0.497 e. The minimum atomic E-state index is -0.261. The maximum absolute atomic E-state index is 12.3. The first-order valence-electron chi connectivity index (χ1n) is 7.88. The van der Waals surface area contributed by atoms with Crippen LogP contribution in [0.2, 0.25) is 0 Å². The Kier molecular flexibility index (Phi) is 5.06. The smallest absolute Gasteiger partial charge is 0.255 e. The van der Waals surface area contributed by atoms with E-state index >= 15 is 0 Å². The van der Waals surface area contributed by atoms with Crippen LogP contribution in [-0.2, 0) is 0 Å². The molecule has 0 aliphatic heterocycles. The van der Waals surface area contributed by atoms with E-state index in [1.807, 2.05) is 36.4 Å². The third-order valence-electron chi connectivity index (χ3n) is 3.95. The summed E-state index contributed by atoms with van der Waals surface area (Å²) in [6.45, 7) is 0. The Morgan fingerprint density at radius 1 is 0.960 bits per heavy atom. The number of hydrogen-bond acceptors (Lipinski definition) is 4. The predicted octanol–water partition coefficient (Wildman–Crippen LogP) is 3.39. The molecule has 2 aromatic carbocycles. The molecule has 3 aromatic rings. The van der Waals surface area contributed by atoms with Crippen molar-refractivity contribution in [2.75, 3.05) is 12.4 Å². The summed E-state index contributed by atoms with van der Waals surface area (Å²) in [7, 11) is 1.63. The lowest BCUT2D eigenvalue weighted by molar-refractivity contribution is 0.102. The lowest BCUT2D eigenvalue weighted by Gasteiger charge is -2.14. The number of pyridine rings is 1. The predicted molar refractivity (Wildman–Crippen MR) is 97.7 cm³/mol. The van der Waals surface area contributed by atoms with Crippen LogP contribution in [0.4, 0.5) is 5.69 Å². The number of hydrogen-bond donors (Lipinski definition) is 2. The van der Waals surface area contributed by atoms with Crippen molar-refractivity contribution in [1.82, 2.24) is 4.98 Å². The van der Waals surface area contributed by atoms with Crippen molar-refractivity contribution in [3.05, 3.63) is 89.7 Å². The van der Waals surface area contributed by atoms with Crippen molar-refractivity contribution in [2.45, 2.75) is 6.04 Å². The molecule has 1 amide bonds. The Bertz CT molecular complexity index is 831. The van der Waals surface area contributed by atoms with Crippen molar-refractivity contribution in [1.29, 1.82) is 0 Å². The van der Waals surface area contributed by atoms with Crippen LogP contribution in [0.15, 0.2) is 73.1 Å². The standard InChI is InChI=1S/C20H19N3O2/c1-25-18-8-6-15(7-9-18)19(21)14-2-4-16(5-3-14)20(24)23-17-10-12-22-13-11-17/h2-13,19H,21H2,1H3,(H,22,23,24). The molecule has 1 aromatic heterocycles. The van der Waals surface area contributed by atoms with Gasteiger partial charge in [-0.15, -0.1) is 0 Å². The molecule has 0 fully saturated rings. The first-order chi connectivity index (χ1) is 12.2. The summed E-state index contributed by atoms with van der Waals surface area (Å²) in [6.07, 6.45) is 3.26. The van der Waals surface area contributed by atoms with Crippen LogP contribution < -0.4 is 15.8 Å². The van der Waals surface area contributed by atoms with Crippen molar-refractivity contribution in [2.24, 2.45) is 5.73 Å². The van der Waals surface area contributed by atoms with E-state index in [1.165, 1.54) is 0 Å². The number of ether oxygens (including phenoxy) is 1. The van der Waals surface area contributed by atoms with Gasteiger partial charge in [0.1, 0.15) is 5.75 Å². The fraction of sp³-hybridized carbons (Fsp3) is 0.100. The third-order valence-corrected chi connectivity index (χ3v) is 3.95. The van der Waals surface area contributed by atoms with Gasteiger partial charge in [-0.25, -0.2) is 0 Å². The maximum Gasteiger partial charge on any atom is 0.255 e. The zero-order valence-electron chi connectivity index (χ0n) is 13.8. The highest BCUT2D eigenvalue weighted by atomic mass is 16.5. The van der Waals surface area contributed by atoms with Crippen LogP contribution in [-0.4, -0.2) is 18.0 Å². The molecule has 25 heavy (non-hydrogen) atoms. The summed E-state index contributed by atoms with van der Waals surface area (Å²) in [5, 5.41) is 2.83. The Labute approximate surface area is 146 Å². The lowest BCUT2D eigenvalue weighted by atomic mass is 9.98. The molecule has 0 aliphatic carbocycles. The van der Waals surface area contributed by atoms with Crippen molar-refractivity contribution >= 4 is 11.6 Å². The lowest BCUT2D eigenvalue weighted by Crippen LogP contribution is -2.14. The van der Waals surface area contributed by atoms with Gasteiger partial charge in [-0.2, -0.15) is 0 Å². The zero-order valence-corrected chi connectivity index (χ0v) is 13.8. The van der Waals surface area contributed by atoms with Gasteiger partial charge in [-0.1, -0.05) is 24.3 Å². The maximum atomic E-state index is 12.3. The monoisotopic (exact) mass is 333 g/mol. The molecule has 1 atom stereocenters. The molecular weight excluding hydrogens is 314 g/mol. The van der Waals surface area contributed by atoms with Crippen LogP contribution in [0.5, 0.6) is 5.75 Å². The summed E-state index contributed by atoms with van der Waals surface area (Å²) >= 11 is 0. The number of carbonyl (C=O) groups excluding carboxylic acids is 1. The minimum absolute atomic E-state index is 0.171. The number of nitrogens with one attached hydrogen (secondary N) is 1. The van der Waals surface area contributed by atoms with Gasteiger partial charge in [0.25, 0.3) is 5.91 Å². The number of carbonyl (C=O) groups is 1. The molecule has 5 heteroatoms. The van der Waals surface area contributed by atoms with Gasteiger partial charge in [0.15, 0.2) is 0 Å². The van der Waals surface area contributed by atoms with E-state index in [4.69, 9.17) is 10.5 Å². The van der Waals surface area contributed by atoms with Gasteiger partial charge in [0.2, 0.25) is 0 Å². The van der Waals surface area contributed by atoms with Gasteiger partial charge in [-0.3, -0.25) is 9.78 Å². The molecule has 0 bridgehead atoms.